The number of nitriles is 1. The molecule has 1 fully saturated rings. The Morgan fingerprint density at radius 2 is 1.93 bits per heavy atom. The van der Waals surface area contributed by atoms with E-state index in [0.29, 0.717) is 46.9 Å². The maximum absolute atomic E-state index is 11.9. The van der Waals surface area contributed by atoms with Gasteiger partial charge in [-0.15, -0.1) is 0 Å². The Labute approximate surface area is 173 Å². The van der Waals surface area contributed by atoms with Crippen molar-refractivity contribution < 1.29 is 9.53 Å². The van der Waals surface area contributed by atoms with Gasteiger partial charge in [-0.25, -0.2) is 9.97 Å². The topological polar surface area (TPSA) is 127 Å². The molecule has 0 atom stereocenters. The number of hydrogen-bond acceptors (Lipinski definition) is 7. The number of amides is 1. The highest BCUT2D eigenvalue weighted by Crippen LogP contribution is 2.47. The number of anilines is 1. The fourth-order valence-electron chi connectivity index (χ4n) is 3.34. The van der Waals surface area contributed by atoms with Crippen LogP contribution in [-0.4, -0.2) is 35.0 Å². The van der Waals surface area contributed by atoms with Crippen LogP contribution >= 0.6 is 0 Å². The van der Waals surface area contributed by atoms with Gasteiger partial charge < -0.3 is 15.8 Å². The SMILES string of the molecule is CNc1ncc(C#Cc2cc(C#N)c(OC)cn2)c2cc(C3(C(N)=O)CC3)ncc12. The zero-order valence-corrected chi connectivity index (χ0v) is 16.5. The summed E-state index contributed by atoms with van der Waals surface area (Å²) in [4.78, 5) is 25.0. The van der Waals surface area contributed by atoms with Crippen molar-refractivity contribution in [3.05, 3.63) is 53.2 Å². The molecule has 8 heteroatoms. The Bertz CT molecular complexity index is 1280. The molecule has 0 aliphatic heterocycles. The summed E-state index contributed by atoms with van der Waals surface area (Å²) in [5.41, 5.74) is 7.01. The molecular formula is C22H18N6O2. The molecule has 0 bridgehead atoms. The third-order valence-electron chi connectivity index (χ3n) is 5.25. The van der Waals surface area contributed by atoms with E-state index in [4.69, 9.17) is 10.5 Å². The second-order valence-corrected chi connectivity index (χ2v) is 6.96. The van der Waals surface area contributed by atoms with Gasteiger partial charge in [0.05, 0.1) is 35.5 Å². The summed E-state index contributed by atoms with van der Waals surface area (Å²) in [6, 6.07) is 5.50. The molecule has 0 radical (unpaired) electrons. The van der Waals surface area contributed by atoms with E-state index in [1.807, 2.05) is 6.07 Å². The van der Waals surface area contributed by atoms with Gasteiger partial charge in [-0.2, -0.15) is 5.26 Å². The summed E-state index contributed by atoms with van der Waals surface area (Å²) < 4.78 is 5.11. The fourth-order valence-corrected chi connectivity index (χ4v) is 3.34. The van der Waals surface area contributed by atoms with Gasteiger partial charge in [0.25, 0.3) is 0 Å². The van der Waals surface area contributed by atoms with Gasteiger partial charge in [0.2, 0.25) is 5.91 Å². The van der Waals surface area contributed by atoms with Crippen LogP contribution in [0.1, 0.15) is 35.4 Å². The van der Waals surface area contributed by atoms with Crippen molar-refractivity contribution in [1.82, 2.24) is 15.0 Å². The number of ether oxygens (including phenoxy) is 1. The second-order valence-electron chi connectivity index (χ2n) is 6.96. The minimum Gasteiger partial charge on any atom is -0.494 e. The smallest absolute Gasteiger partial charge is 0.229 e. The summed E-state index contributed by atoms with van der Waals surface area (Å²) in [7, 11) is 3.26. The molecule has 0 spiro atoms. The Morgan fingerprint density at radius 1 is 1.13 bits per heavy atom. The Hall–Kier alpha value is -4.17. The molecule has 4 rings (SSSR count). The van der Waals surface area contributed by atoms with Crippen LogP contribution in [0, 0.1) is 23.2 Å². The molecule has 3 heterocycles. The standard InChI is InChI=1S/C22H18N6O2/c1-25-20-17-11-27-19(22(5-6-22)21(24)29)8-16(17)13(10-28-20)3-4-15-7-14(9-23)18(30-2)12-26-15/h7-8,10-12H,5-6H2,1-2H3,(H2,24,29)(H,25,28). The van der Waals surface area contributed by atoms with E-state index in [0.717, 1.165) is 10.8 Å². The molecule has 0 unspecified atom stereocenters. The molecular weight excluding hydrogens is 380 g/mol. The number of primary amides is 1. The maximum Gasteiger partial charge on any atom is 0.229 e. The minimum atomic E-state index is -0.693. The molecule has 30 heavy (non-hydrogen) atoms. The minimum absolute atomic E-state index is 0.355. The number of methoxy groups -OCH3 is 1. The first-order valence-corrected chi connectivity index (χ1v) is 9.25. The molecule has 1 amide bonds. The van der Waals surface area contributed by atoms with Crippen molar-refractivity contribution in [2.75, 3.05) is 19.5 Å². The number of carbonyl (C=O) groups excluding carboxylic acids is 1. The van der Waals surface area contributed by atoms with E-state index >= 15 is 0 Å². The first kappa shape index (κ1) is 19.2. The highest BCUT2D eigenvalue weighted by molar-refractivity contribution is 5.97. The van der Waals surface area contributed by atoms with Crippen LogP contribution in [0.4, 0.5) is 5.82 Å². The quantitative estimate of drug-likeness (QED) is 0.642. The summed E-state index contributed by atoms with van der Waals surface area (Å²) in [6.07, 6.45) is 6.20. The highest BCUT2D eigenvalue weighted by atomic mass is 16.5. The Kier molecular flexibility index (Phi) is 4.69. The number of nitrogens with two attached hydrogens (primary N) is 1. The van der Waals surface area contributed by atoms with Gasteiger partial charge in [0, 0.05) is 30.2 Å². The number of pyridine rings is 3. The lowest BCUT2D eigenvalue weighted by Crippen LogP contribution is -2.29. The number of fused-ring (bicyclic) bond motifs is 1. The van der Waals surface area contributed by atoms with Crippen LogP contribution in [0.5, 0.6) is 5.75 Å². The molecule has 1 saturated carbocycles. The lowest BCUT2D eigenvalue weighted by molar-refractivity contribution is -0.120. The van der Waals surface area contributed by atoms with Gasteiger partial charge in [-0.05, 0) is 30.9 Å². The van der Waals surface area contributed by atoms with Gasteiger partial charge >= 0.3 is 0 Å². The summed E-state index contributed by atoms with van der Waals surface area (Å²) in [5, 5.41) is 13.9. The summed E-state index contributed by atoms with van der Waals surface area (Å²) in [6.45, 7) is 0. The van der Waals surface area contributed by atoms with Crippen LogP contribution in [0.2, 0.25) is 0 Å². The number of nitrogens with zero attached hydrogens (tertiary/aromatic N) is 4. The molecule has 1 aliphatic rings. The third kappa shape index (κ3) is 3.15. The summed E-state index contributed by atoms with van der Waals surface area (Å²) in [5.74, 6) is 6.74. The number of nitrogens with one attached hydrogen (secondary N) is 1. The van der Waals surface area contributed by atoms with Gasteiger partial charge in [-0.1, -0.05) is 5.92 Å². The van der Waals surface area contributed by atoms with E-state index in [1.54, 1.807) is 25.5 Å². The third-order valence-corrected chi connectivity index (χ3v) is 5.25. The van der Waals surface area contributed by atoms with Gasteiger partial charge in [0.15, 0.2) is 5.75 Å². The lowest BCUT2D eigenvalue weighted by Gasteiger charge is -2.13. The predicted molar refractivity (Wildman–Crippen MR) is 111 cm³/mol. The van der Waals surface area contributed by atoms with E-state index in [1.165, 1.54) is 13.3 Å². The molecule has 1 aliphatic carbocycles. The number of carbonyl (C=O) groups is 1. The van der Waals surface area contributed by atoms with Crippen molar-refractivity contribution in [1.29, 1.82) is 5.26 Å². The molecule has 0 aromatic carbocycles. The summed E-state index contributed by atoms with van der Waals surface area (Å²) >= 11 is 0. The highest BCUT2D eigenvalue weighted by Gasteiger charge is 2.51. The van der Waals surface area contributed by atoms with Crippen LogP contribution in [0.3, 0.4) is 0 Å². The van der Waals surface area contributed by atoms with Crippen molar-refractivity contribution in [2.24, 2.45) is 5.73 Å². The van der Waals surface area contributed by atoms with Crippen molar-refractivity contribution in [3.63, 3.8) is 0 Å². The zero-order valence-electron chi connectivity index (χ0n) is 16.5. The first-order valence-electron chi connectivity index (χ1n) is 9.25. The van der Waals surface area contributed by atoms with E-state index in [9.17, 15) is 10.1 Å². The van der Waals surface area contributed by atoms with Crippen molar-refractivity contribution >= 4 is 22.5 Å². The Balaban J connectivity index is 1.83. The lowest BCUT2D eigenvalue weighted by atomic mass is 9.98. The van der Waals surface area contributed by atoms with Gasteiger partial charge in [0.1, 0.15) is 17.6 Å². The van der Waals surface area contributed by atoms with Crippen LogP contribution < -0.4 is 15.8 Å². The largest absolute Gasteiger partial charge is 0.494 e. The average molecular weight is 398 g/mol. The maximum atomic E-state index is 11.9. The molecule has 3 aromatic heterocycles. The predicted octanol–water partition coefficient (Wildman–Crippen LogP) is 1.86. The van der Waals surface area contributed by atoms with E-state index in [-0.39, 0.29) is 5.91 Å². The molecule has 8 nitrogen and oxygen atoms in total. The number of hydrogen-bond donors (Lipinski definition) is 2. The monoisotopic (exact) mass is 398 g/mol. The number of rotatable bonds is 4. The fraction of sp³-hybridized carbons (Fsp3) is 0.227. The van der Waals surface area contributed by atoms with E-state index < -0.39 is 5.41 Å². The van der Waals surface area contributed by atoms with Crippen LogP contribution in [-0.2, 0) is 10.2 Å². The first-order chi connectivity index (χ1) is 14.5. The molecule has 3 N–H and O–H groups in total. The Morgan fingerprint density at radius 3 is 2.57 bits per heavy atom. The van der Waals surface area contributed by atoms with Crippen LogP contribution in [0.15, 0.2) is 30.7 Å². The molecule has 148 valence electrons. The molecule has 0 saturated heterocycles. The van der Waals surface area contributed by atoms with Gasteiger partial charge in [-0.3, -0.25) is 9.78 Å². The molecule has 3 aromatic rings. The normalized spacial score (nSPS) is 13.6. The number of aromatic nitrogens is 3. The zero-order chi connectivity index (χ0) is 21.3. The average Bonchev–Trinajstić information content (AvgIpc) is 3.59. The van der Waals surface area contributed by atoms with Crippen molar-refractivity contribution in [2.45, 2.75) is 18.3 Å². The van der Waals surface area contributed by atoms with Crippen LogP contribution in [0.25, 0.3) is 10.8 Å². The van der Waals surface area contributed by atoms with Crippen molar-refractivity contribution in [3.8, 4) is 23.7 Å². The van der Waals surface area contributed by atoms with E-state index in [2.05, 4.69) is 38.2 Å². The second kappa shape index (κ2) is 7.34.